The average molecular weight is 597 g/mol. The first-order valence-corrected chi connectivity index (χ1v) is 17.3. The molecule has 1 unspecified atom stereocenters. The highest BCUT2D eigenvalue weighted by molar-refractivity contribution is 5.28. The van der Waals surface area contributed by atoms with E-state index < -0.39 is 12.3 Å². The van der Waals surface area contributed by atoms with Crippen molar-refractivity contribution < 1.29 is 17.9 Å². The van der Waals surface area contributed by atoms with Gasteiger partial charge in [0.15, 0.2) is 0 Å². The molecule has 2 saturated carbocycles. The van der Waals surface area contributed by atoms with Crippen LogP contribution in [0.15, 0.2) is 60.7 Å². The molecule has 0 aromatic heterocycles. The Morgan fingerprint density at radius 3 is 1.84 bits per heavy atom. The Morgan fingerprint density at radius 2 is 1.28 bits per heavy atom. The Morgan fingerprint density at radius 1 is 0.744 bits per heavy atom. The molecule has 2 fully saturated rings. The summed E-state index contributed by atoms with van der Waals surface area (Å²) in [5.41, 5.74) is 3.03. The number of unbranched alkanes of at least 4 members (excludes halogenated alkanes) is 4. The van der Waals surface area contributed by atoms with E-state index in [0.717, 1.165) is 36.7 Å². The fourth-order valence-electron chi connectivity index (χ4n) is 7.37. The summed E-state index contributed by atoms with van der Waals surface area (Å²) in [5.74, 6) is 2.60. The maximum atomic E-state index is 15.0. The number of alkyl halides is 3. The molecule has 238 valence electrons. The number of hydrogen-bond donors (Lipinski definition) is 0. The standard InChI is InChI=1S/C39H55F3O/c1-3-5-7-8-10-12-31-15-21-34(22-16-31)36-25-27-37(28-26-36)38(40)39(41,42)43-29-32-17-23-35(24-18-32)33-19-13-30(14-20-33)11-9-6-4-2/h4,6,17-18,23-28,30-31,33-34,38H,3,5,7-16,19-22,29H2,1-2H3/b6-4+. The summed E-state index contributed by atoms with van der Waals surface area (Å²) >= 11 is 0. The zero-order chi connectivity index (χ0) is 30.5. The third-order valence-corrected chi connectivity index (χ3v) is 10.3. The van der Waals surface area contributed by atoms with E-state index >= 15 is 0 Å². The molecule has 2 aromatic rings. The molecule has 2 aliphatic carbocycles. The maximum absolute atomic E-state index is 15.0. The number of rotatable bonds is 16. The lowest BCUT2D eigenvalue weighted by molar-refractivity contribution is -0.282. The highest BCUT2D eigenvalue weighted by Gasteiger charge is 2.43. The molecule has 4 rings (SSSR count). The highest BCUT2D eigenvalue weighted by Crippen LogP contribution is 2.41. The lowest BCUT2D eigenvalue weighted by atomic mass is 9.77. The van der Waals surface area contributed by atoms with Crippen LogP contribution in [-0.4, -0.2) is 6.11 Å². The Labute approximate surface area is 259 Å². The van der Waals surface area contributed by atoms with Crippen molar-refractivity contribution in [1.29, 1.82) is 0 Å². The largest absolute Gasteiger partial charge is 0.391 e. The monoisotopic (exact) mass is 596 g/mol. The van der Waals surface area contributed by atoms with Crippen molar-refractivity contribution in [3.05, 3.63) is 82.9 Å². The fourth-order valence-corrected chi connectivity index (χ4v) is 7.37. The molecule has 0 heterocycles. The van der Waals surface area contributed by atoms with Gasteiger partial charge in [-0.05, 0) is 117 Å². The minimum atomic E-state index is -3.89. The number of allylic oxidation sites excluding steroid dienone is 2. The van der Waals surface area contributed by atoms with Crippen LogP contribution in [0.2, 0.25) is 0 Å². The van der Waals surface area contributed by atoms with Gasteiger partial charge < -0.3 is 4.74 Å². The molecule has 0 aliphatic heterocycles. The molecule has 2 aliphatic rings. The quantitative estimate of drug-likeness (QED) is 0.138. The molecule has 0 radical (unpaired) electrons. The summed E-state index contributed by atoms with van der Waals surface area (Å²) in [7, 11) is 0. The first kappa shape index (κ1) is 33.8. The minimum Gasteiger partial charge on any atom is -0.313 e. The number of benzene rings is 2. The smallest absolute Gasteiger partial charge is 0.313 e. The molecule has 1 atom stereocenters. The van der Waals surface area contributed by atoms with E-state index in [1.54, 1.807) is 0 Å². The molecule has 0 N–H and O–H groups in total. The number of ether oxygens (including phenoxy) is 1. The zero-order valence-electron chi connectivity index (χ0n) is 26.7. The SMILES string of the molecule is C/C=C/CCC1CCC(c2ccc(COC(F)(F)C(F)c3ccc(C4CCC(CCCCCCC)CC4)cc3)cc2)CC1. The third-order valence-electron chi connectivity index (χ3n) is 10.3. The van der Waals surface area contributed by atoms with Crippen molar-refractivity contribution >= 4 is 0 Å². The van der Waals surface area contributed by atoms with Gasteiger partial charge >= 0.3 is 6.11 Å². The van der Waals surface area contributed by atoms with Crippen molar-refractivity contribution in [2.24, 2.45) is 11.8 Å². The van der Waals surface area contributed by atoms with E-state index in [9.17, 15) is 13.2 Å². The van der Waals surface area contributed by atoms with Crippen molar-refractivity contribution in [3.63, 3.8) is 0 Å². The van der Waals surface area contributed by atoms with Crippen molar-refractivity contribution in [2.75, 3.05) is 0 Å². The van der Waals surface area contributed by atoms with Crippen LogP contribution in [0.25, 0.3) is 0 Å². The van der Waals surface area contributed by atoms with Crippen molar-refractivity contribution in [1.82, 2.24) is 0 Å². The van der Waals surface area contributed by atoms with Crippen LogP contribution in [0, 0.1) is 11.8 Å². The Hall–Kier alpha value is -2.07. The second-order valence-electron chi connectivity index (χ2n) is 13.4. The molecular formula is C39H55F3O. The van der Waals surface area contributed by atoms with Crippen LogP contribution < -0.4 is 0 Å². The summed E-state index contributed by atoms with van der Waals surface area (Å²) < 4.78 is 49.4. The zero-order valence-corrected chi connectivity index (χ0v) is 26.7. The van der Waals surface area contributed by atoms with Crippen LogP contribution in [0.1, 0.15) is 157 Å². The van der Waals surface area contributed by atoms with Gasteiger partial charge in [-0.3, -0.25) is 0 Å². The molecule has 2 aromatic carbocycles. The summed E-state index contributed by atoms with van der Waals surface area (Å²) in [6, 6.07) is 14.5. The van der Waals surface area contributed by atoms with Crippen LogP contribution in [0.3, 0.4) is 0 Å². The first-order chi connectivity index (χ1) is 20.9. The Kier molecular flexibility index (Phi) is 13.7. The number of hydrogen-bond acceptors (Lipinski definition) is 1. The first-order valence-electron chi connectivity index (χ1n) is 17.3. The molecule has 1 nitrogen and oxygen atoms in total. The molecule has 0 bridgehead atoms. The van der Waals surface area contributed by atoms with Gasteiger partial charge in [0.05, 0.1) is 6.61 Å². The molecule has 43 heavy (non-hydrogen) atoms. The molecule has 4 heteroatoms. The van der Waals surface area contributed by atoms with E-state index in [1.807, 2.05) is 36.4 Å². The second kappa shape index (κ2) is 17.4. The van der Waals surface area contributed by atoms with Crippen molar-refractivity contribution in [3.8, 4) is 0 Å². The van der Waals surface area contributed by atoms with Gasteiger partial charge in [0.25, 0.3) is 0 Å². The summed E-state index contributed by atoms with van der Waals surface area (Å²) in [4.78, 5) is 0. The van der Waals surface area contributed by atoms with E-state index in [1.165, 1.54) is 101 Å². The second-order valence-corrected chi connectivity index (χ2v) is 13.4. The van der Waals surface area contributed by atoms with E-state index in [4.69, 9.17) is 4.74 Å². The van der Waals surface area contributed by atoms with Gasteiger partial charge in [0.1, 0.15) is 0 Å². The topological polar surface area (TPSA) is 9.23 Å². The van der Waals surface area contributed by atoms with Gasteiger partial charge in [-0.2, -0.15) is 8.78 Å². The van der Waals surface area contributed by atoms with Gasteiger partial charge in [-0.25, -0.2) is 4.39 Å². The minimum absolute atomic E-state index is 0.0221. The van der Waals surface area contributed by atoms with E-state index in [0.29, 0.717) is 17.4 Å². The van der Waals surface area contributed by atoms with Gasteiger partial charge in [-0.1, -0.05) is 106 Å². The molecule has 0 saturated heterocycles. The number of halogens is 3. The highest BCUT2D eigenvalue weighted by atomic mass is 19.3. The molecular weight excluding hydrogens is 541 g/mol. The Balaban J connectivity index is 1.19. The predicted molar refractivity (Wildman–Crippen MR) is 173 cm³/mol. The summed E-state index contributed by atoms with van der Waals surface area (Å²) in [6.07, 6.45) is 18.0. The summed E-state index contributed by atoms with van der Waals surface area (Å²) in [5, 5.41) is 0. The Bertz CT molecular complexity index is 1060. The van der Waals surface area contributed by atoms with Gasteiger partial charge in [-0.15, -0.1) is 0 Å². The average Bonchev–Trinajstić information content (AvgIpc) is 3.04. The third kappa shape index (κ3) is 10.5. The van der Waals surface area contributed by atoms with E-state index in [-0.39, 0.29) is 12.2 Å². The van der Waals surface area contributed by atoms with Crippen LogP contribution in [0.4, 0.5) is 13.2 Å². The van der Waals surface area contributed by atoms with E-state index in [2.05, 4.69) is 26.0 Å². The predicted octanol–water partition coefficient (Wildman–Crippen LogP) is 12.8. The fraction of sp³-hybridized carbons (Fsp3) is 0.641. The van der Waals surface area contributed by atoms with Crippen molar-refractivity contribution in [2.45, 2.75) is 147 Å². The van der Waals surface area contributed by atoms with Crippen LogP contribution in [-0.2, 0) is 11.3 Å². The van der Waals surface area contributed by atoms with Gasteiger partial charge in [0.2, 0.25) is 6.17 Å². The van der Waals surface area contributed by atoms with Crippen LogP contribution >= 0.6 is 0 Å². The maximum Gasteiger partial charge on any atom is 0.391 e. The lowest BCUT2D eigenvalue weighted by Gasteiger charge is -2.29. The van der Waals surface area contributed by atoms with Gasteiger partial charge in [0, 0.05) is 0 Å². The summed E-state index contributed by atoms with van der Waals surface area (Å²) in [6.45, 7) is 4.01. The van der Waals surface area contributed by atoms with Crippen LogP contribution in [0.5, 0.6) is 0 Å². The normalized spacial score (nSPS) is 23.9. The molecule has 0 spiro atoms. The molecule has 0 amide bonds. The lowest BCUT2D eigenvalue weighted by Crippen LogP contribution is -2.27.